The van der Waals surface area contributed by atoms with Crippen LogP contribution in [0.5, 0.6) is 5.75 Å². The number of benzene rings is 2. The maximum Gasteiger partial charge on any atom is 0.281 e. The Balaban J connectivity index is 0.00000202. The molecule has 12 heteroatoms. The number of furan rings is 1. The highest BCUT2D eigenvalue weighted by Gasteiger charge is 2.33. The third-order valence-electron chi connectivity index (χ3n) is 7.81. The number of rotatable bonds is 7. The molecule has 0 spiro atoms. The molecule has 2 aromatic carbocycles. The van der Waals surface area contributed by atoms with Crippen LogP contribution in [0.2, 0.25) is 0 Å². The number of fused-ring (bicyclic) bond motifs is 1. The lowest BCUT2D eigenvalue weighted by Crippen LogP contribution is -2.47. The van der Waals surface area contributed by atoms with Crippen molar-refractivity contribution in [1.29, 1.82) is 0 Å². The van der Waals surface area contributed by atoms with Gasteiger partial charge in [0, 0.05) is 49.9 Å². The molecule has 4 N–H and O–H groups in total. The molecule has 222 valence electrons. The minimum Gasteiger partial charge on any atom is -0.508 e. The van der Waals surface area contributed by atoms with Crippen LogP contribution in [0.15, 0.2) is 76.4 Å². The Labute approximate surface area is 255 Å². The summed E-state index contributed by atoms with van der Waals surface area (Å²) in [4.78, 5) is 20.2. The van der Waals surface area contributed by atoms with E-state index in [0.29, 0.717) is 50.3 Å². The summed E-state index contributed by atoms with van der Waals surface area (Å²) in [6, 6.07) is 17.0. The number of phenols is 1. The highest BCUT2D eigenvalue weighted by atomic mass is 35.5. The van der Waals surface area contributed by atoms with Gasteiger partial charge in [-0.05, 0) is 36.6 Å². The van der Waals surface area contributed by atoms with Gasteiger partial charge in [-0.3, -0.25) is 18.9 Å². The maximum absolute atomic E-state index is 13.4. The maximum atomic E-state index is 13.4. The largest absolute Gasteiger partial charge is 0.508 e. The first-order valence-electron chi connectivity index (χ1n) is 13.4. The second-order valence-corrected chi connectivity index (χ2v) is 10.6. The van der Waals surface area contributed by atoms with Gasteiger partial charge >= 0.3 is 0 Å². The lowest BCUT2D eigenvalue weighted by atomic mass is 9.91. The number of aryl methyl sites for hydroxylation is 1. The van der Waals surface area contributed by atoms with E-state index in [1.165, 1.54) is 10.9 Å². The zero-order valence-corrected chi connectivity index (χ0v) is 24.8. The molecule has 0 bridgehead atoms. The number of nitrogens with zero attached hydrogens (tertiary/aromatic N) is 5. The molecule has 1 fully saturated rings. The predicted octanol–water partition coefficient (Wildman–Crippen LogP) is 4.09. The van der Waals surface area contributed by atoms with Crippen molar-refractivity contribution in [1.82, 2.24) is 24.2 Å². The molecule has 0 amide bonds. The summed E-state index contributed by atoms with van der Waals surface area (Å²) < 4.78 is 8.55. The van der Waals surface area contributed by atoms with Crippen LogP contribution in [0.4, 0.5) is 0 Å². The van der Waals surface area contributed by atoms with Crippen LogP contribution >= 0.6 is 24.8 Å². The highest BCUT2D eigenvalue weighted by Crippen LogP contribution is 2.31. The number of hydrogen-bond acceptors (Lipinski definition) is 8. The smallest absolute Gasteiger partial charge is 0.281 e. The number of aliphatic hydroxyl groups is 1. The minimum absolute atomic E-state index is 0. The first-order valence-corrected chi connectivity index (χ1v) is 13.4. The van der Waals surface area contributed by atoms with Gasteiger partial charge in [0.1, 0.15) is 17.0 Å². The third kappa shape index (κ3) is 6.08. The van der Waals surface area contributed by atoms with Crippen LogP contribution in [-0.2, 0) is 26.7 Å². The molecule has 0 aliphatic carbocycles. The van der Waals surface area contributed by atoms with Crippen molar-refractivity contribution in [3.05, 3.63) is 88.7 Å². The average Bonchev–Trinajstić information content (AvgIpc) is 3.61. The zero-order valence-electron chi connectivity index (χ0n) is 23.1. The summed E-state index contributed by atoms with van der Waals surface area (Å²) in [7, 11) is 1.79. The summed E-state index contributed by atoms with van der Waals surface area (Å²) in [5.74, 6) is 0.918. The lowest BCUT2D eigenvalue weighted by Gasteiger charge is -2.38. The predicted molar refractivity (Wildman–Crippen MR) is 166 cm³/mol. The Morgan fingerprint density at radius 3 is 2.38 bits per heavy atom. The molecular weight excluding hydrogens is 579 g/mol. The number of nitrogens with two attached hydrogens (primary N) is 1. The quantitative estimate of drug-likeness (QED) is 0.250. The Hall–Kier alpha value is -3.67. The molecule has 0 atom stereocenters. The zero-order chi connectivity index (χ0) is 27.9. The van der Waals surface area contributed by atoms with Crippen LogP contribution in [0.25, 0.3) is 33.6 Å². The lowest BCUT2D eigenvalue weighted by molar-refractivity contribution is -0.0365. The standard InChI is InChI=1S/C30H32N6O4.2ClH/c1-34-28(21-6-4-20(16-31)5-7-21)26-27(33-34)29(38)36(19-32-26)18-30(39)10-12-35(13-11-30)17-23-9-8-22(15-24(23)37)25-3-2-14-40-25;;/h2-9,14-15,19,37,39H,10-13,16-18,31H2,1H3;2*1H. The number of halogens is 2. The van der Waals surface area contributed by atoms with Crippen molar-refractivity contribution >= 4 is 35.8 Å². The number of likely N-dealkylation sites (tertiary alicyclic amines) is 1. The highest BCUT2D eigenvalue weighted by molar-refractivity contribution is 5.89. The number of phenolic OH excluding ortho intramolecular Hbond substituents is 1. The molecule has 10 nitrogen and oxygen atoms in total. The van der Waals surface area contributed by atoms with Gasteiger partial charge < -0.3 is 20.4 Å². The van der Waals surface area contributed by atoms with E-state index < -0.39 is 5.60 Å². The SMILES string of the molecule is Cl.Cl.Cn1nc2c(=O)n(CC3(O)CCN(Cc4ccc(-c5ccco5)cc4O)CC3)cnc2c1-c1ccc(CN)cc1. The van der Waals surface area contributed by atoms with Crippen molar-refractivity contribution in [3.8, 4) is 28.3 Å². The first-order chi connectivity index (χ1) is 19.3. The van der Waals surface area contributed by atoms with Gasteiger partial charge in [-0.2, -0.15) is 5.10 Å². The fraction of sp³-hybridized carbons (Fsp3) is 0.300. The van der Waals surface area contributed by atoms with Gasteiger partial charge in [-0.25, -0.2) is 4.98 Å². The summed E-state index contributed by atoms with van der Waals surface area (Å²) in [6.07, 6.45) is 4.09. The summed E-state index contributed by atoms with van der Waals surface area (Å²) in [5, 5.41) is 26.4. The topological polar surface area (TPSA) is 136 Å². The van der Waals surface area contributed by atoms with E-state index in [2.05, 4.69) is 15.0 Å². The Kier molecular flexibility index (Phi) is 9.44. The molecule has 0 radical (unpaired) electrons. The van der Waals surface area contributed by atoms with Gasteiger partial charge in [-0.15, -0.1) is 24.8 Å². The van der Waals surface area contributed by atoms with Gasteiger partial charge in [0.2, 0.25) is 0 Å². The van der Waals surface area contributed by atoms with Crippen LogP contribution in [-0.4, -0.2) is 53.1 Å². The van der Waals surface area contributed by atoms with E-state index in [-0.39, 0.29) is 48.2 Å². The molecule has 6 rings (SSSR count). The molecule has 3 aromatic heterocycles. The minimum atomic E-state index is -1.05. The van der Waals surface area contributed by atoms with E-state index in [1.54, 1.807) is 24.1 Å². The number of aromatic nitrogens is 4. The monoisotopic (exact) mass is 612 g/mol. The van der Waals surface area contributed by atoms with E-state index in [1.807, 2.05) is 48.5 Å². The van der Waals surface area contributed by atoms with E-state index >= 15 is 0 Å². The van der Waals surface area contributed by atoms with E-state index in [9.17, 15) is 15.0 Å². The van der Waals surface area contributed by atoms with Crippen molar-refractivity contribution in [2.45, 2.75) is 38.1 Å². The van der Waals surface area contributed by atoms with Crippen LogP contribution in [0.1, 0.15) is 24.0 Å². The fourth-order valence-corrected chi connectivity index (χ4v) is 5.47. The normalized spacial score (nSPS) is 14.8. The van der Waals surface area contributed by atoms with Crippen LogP contribution in [0, 0.1) is 0 Å². The summed E-state index contributed by atoms with van der Waals surface area (Å²) >= 11 is 0. The second-order valence-electron chi connectivity index (χ2n) is 10.6. The molecule has 4 heterocycles. The summed E-state index contributed by atoms with van der Waals surface area (Å²) in [5.41, 5.74) is 9.52. The van der Waals surface area contributed by atoms with Gasteiger partial charge in [-0.1, -0.05) is 36.4 Å². The second kappa shape index (κ2) is 12.7. The van der Waals surface area contributed by atoms with Gasteiger partial charge in [0.15, 0.2) is 5.52 Å². The molecule has 0 saturated carbocycles. The number of piperidine rings is 1. The molecular formula is C30H34Cl2N6O4. The van der Waals surface area contributed by atoms with E-state index in [4.69, 9.17) is 10.2 Å². The first kappa shape index (κ1) is 31.3. The Bertz CT molecular complexity index is 1710. The Morgan fingerprint density at radius 2 is 1.74 bits per heavy atom. The van der Waals surface area contributed by atoms with Crippen molar-refractivity contribution < 1.29 is 14.6 Å². The molecule has 1 aliphatic rings. The van der Waals surface area contributed by atoms with Crippen LogP contribution < -0.4 is 11.3 Å². The van der Waals surface area contributed by atoms with Gasteiger partial charge in [0.05, 0.1) is 30.4 Å². The third-order valence-corrected chi connectivity index (χ3v) is 7.81. The molecule has 1 aliphatic heterocycles. The average molecular weight is 614 g/mol. The summed E-state index contributed by atoms with van der Waals surface area (Å²) in [6.45, 7) is 2.43. The number of hydrogen-bond donors (Lipinski definition) is 3. The molecule has 42 heavy (non-hydrogen) atoms. The van der Waals surface area contributed by atoms with Crippen molar-refractivity contribution in [2.75, 3.05) is 13.1 Å². The van der Waals surface area contributed by atoms with E-state index in [0.717, 1.165) is 27.9 Å². The number of aromatic hydroxyl groups is 1. The molecule has 5 aromatic rings. The molecule has 0 unspecified atom stereocenters. The van der Waals surface area contributed by atoms with Crippen molar-refractivity contribution in [3.63, 3.8) is 0 Å². The fourth-order valence-electron chi connectivity index (χ4n) is 5.47. The Morgan fingerprint density at radius 1 is 1.02 bits per heavy atom. The van der Waals surface area contributed by atoms with Gasteiger partial charge in [0.25, 0.3) is 5.56 Å². The van der Waals surface area contributed by atoms with Crippen LogP contribution in [0.3, 0.4) is 0 Å². The van der Waals surface area contributed by atoms with Crippen molar-refractivity contribution in [2.24, 2.45) is 12.8 Å². The molecule has 1 saturated heterocycles.